The van der Waals surface area contributed by atoms with Gasteiger partial charge in [0.05, 0.1) is 0 Å². The molecule has 0 spiro atoms. The Bertz CT molecular complexity index is 315. The van der Waals surface area contributed by atoms with Crippen molar-refractivity contribution in [1.29, 1.82) is 0 Å². The van der Waals surface area contributed by atoms with Crippen molar-refractivity contribution in [2.24, 2.45) is 0 Å². The maximum absolute atomic E-state index is 4.33. The van der Waals surface area contributed by atoms with E-state index in [2.05, 4.69) is 44.1 Å². The molecule has 1 rings (SSSR count). The van der Waals surface area contributed by atoms with Gasteiger partial charge in [0.25, 0.3) is 0 Å². The molecular formula is C17H29NSn. The zero-order chi connectivity index (χ0) is 14.0. The van der Waals surface area contributed by atoms with E-state index in [0.717, 1.165) is 0 Å². The van der Waals surface area contributed by atoms with Crippen LogP contribution < -0.4 is 3.58 Å². The van der Waals surface area contributed by atoms with Crippen molar-refractivity contribution in [3.8, 4) is 0 Å². The summed E-state index contributed by atoms with van der Waals surface area (Å²) in [7, 11) is 0. The second kappa shape index (κ2) is 9.79. The average Bonchev–Trinajstić information content (AvgIpc) is 2.44. The van der Waals surface area contributed by atoms with Gasteiger partial charge in [-0.15, -0.1) is 0 Å². The van der Waals surface area contributed by atoms with Gasteiger partial charge in [-0.1, -0.05) is 0 Å². The minimum absolute atomic E-state index is 0.540. The van der Waals surface area contributed by atoms with Crippen LogP contribution in [0.25, 0.3) is 0 Å². The van der Waals surface area contributed by atoms with Crippen LogP contribution in [0.5, 0.6) is 0 Å². The molecule has 2 radical (unpaired) electrons. The Hall–Kier alpha value is -0.0513. The fourth-order valence-electron chi connectivity index (χ4n) is 2.81. The third-order valence-electron chi connectivity index (χ3n) is 3.82. The summed E-state index contributed by atoms with van der Waals surface area (Å²) >= 11 is -0.540. The molecule has 0 unspecified atom stereocenters. The Balaban J connectivity index is 2.79. The molecule has 0 saturated heterocycles. The van der Waals surface area contributed by atoms with E-state index in [-0.39, 0.29) is 0 Å². The van der Waals surface area contributed by atoms with Crippen LogP contribution in [0.15, 0.2) is 24.5 Å². The van der Waals surface area contributed by atoms with E-state index in [0.29, 0.717) is 3.43 Å². The first kappa shape index (κ1) is 17.0. The summed E-state index contributed by atoms with van der Waals surface area (Å²) in [5, 5.41) is 0. The van der Waals surface area contributed by atoms with Crippen LogP contribution in [0.2, 0.25) is 3.43 Å². The summed E-state index contributed by atoms with van der Waals surface area (Å²) < 4.78 is 2.28. The molecule has 0 saturated carbocycles. The second-order valence-corrected chi connectivity index (χ2v) is 11.0. The molecule has 0 amide bonds. The van der Waals surface area contributed by atoms with Crippen LogP contribution in [0.4, 0.5) is 0 Å². The molecule has 0 fully saturated rings. The first-order valence-electron chi connectivity index (χ1n) is 7.94. The topological polar surface area (TPSA) is 12.9 Å². The monoisotopic (exact) mass is 367 g/mol. The van der Waals surface area contributed by atoms with Gasteiger partial charge in [0.2, 0.25) is 0 Å². The number of aromatic nitrogens is 1. The third kappa shape index (κ3) is 6.29. The molecule has 1 nitrogen and oxygen atoms in total. The van der Waals surface area contributed by atoms with E-state index in [4.69, 9.17) is 0 Å². The Kier molecular flexibility index (Phi) is 8.76. The SMILES string of the molecule is CCCC[C](CCC)(CCCC)[Sn][c]1cccnc1. The normalized spacial score (nSPS) is 11.7. The van der Waals surface area contributed by atoms with Gasteiger partial charge in [0.1, 0.15) is 0 Å². The Morgan fingerprint density at radius 3 is 2.16 bits per heavy atom. The molecule has 0 aliphatic heterocycles. The zero-order valence-corrected chi connectivity index (χ0v) is 15.8. The fraction of sp³-hybridized carbons (Fsp3) is 0.706. The minimum atomic E-state index is -0.540. The molecule has 0 bridgehead atoms. The summed E-state index contributed by atoms with van der Waals surface area (Å²) in [6, 6.07) is 4.44. The van der Waals surface area contributed by atoms with Crippen molar-refractivity contribution < 1.29 is 0 Å². The van der Waals surface area contributed by atoms with Crippen LogP contribution in [0.1, 0.15) is 72.1 Å². The Labute approximate surface area is 129 Å². The Morgan fingerprint density at radius 2 is 1.68 bits per heavy atom. The van der Waals surface area contributed by atoms with Crippen LogP contribution in [0.3, 0.4) is 0 Å². The molecule has 0 aromatic carbocycles. The number of hydrogen-bond donors (Lipinski definition) is 0. The standard InChI is InChI=1S/C12H25.C5H4N.Sn/c1-4-7-10-12(9-6-3)11-8-5-2;1-2-4-6-5-3-1;/h4-11H2,1-3H3;1-2,4-5H;. The number of nitrogens with zero attached hydrogens (tertiary/aromatic N) is 1. The van der Waals surface area contributed by atoms with Crippen LogP contribution in [-0.2, 0) is 0 Å². The van der Waals surface area contributed by atoms with Gasteiger partial charge in [-0.25, -0.2) is 0 Å². The van der Waals surface area contributed by atoms with Gasteiger partial charge >= 0.3 is 130 Å². The van der Waals surface area contributed by atoms with Gasteiger partial charge in [0, 0.05) is 0 Å². The van der Waals surface area contributed by atoms with Crippen LogP contribution >= 0.6 is 0 Å². The van der Waals surface area contributed by atoms with Gasteiger partial charge in [-0.2, -0.15) is 0 Å². The van der Waals surface area contributed by atoms with E-state index < -0.39 is 21.1 Å². The predicted octanol–water partition coefficient (Wildman–Crippen LogP) is 4.75. The van der Waals surface area contributed by atoms with E-state index in [9.17, 15) is 0 Å². The number of unbranched alkanes of at least 4 members (excludes halogenated alkanes) is 2. The number of pyridine rings is 1. The number of hydrogen-bond acceptors (Lipinski definition) is 1. The molecule has 0 aliphatic carbocycles. The van der Waals surface area contributed by atoms with Crippen molar-refractivity contribution >= 4 is 24.7 Å². The van der Waals surface area contributed by atoms with Gasteiger partial charge in [-0.3, -0.25) is 0 Å². The van der Waals surface area contributed by atoms with Gasteiger partial charge in [0.15, 0.2) is 0 Å². The predicted molar refractivity (Wildman–Crippen MR) is 86.3 cm³/mol. The maximum atomic E-state index is 4.33. The Morgan fingerprint density at radius 1 is 1.00 bits per heavy atom. The summed E-state index contributed by atoms with van der Waals surface area (Å²) in [6.07, 6.45) is 15.2. The molecule has 19 heavy (non-hydrogen) atoms. The third-order valence-corrected chi connectivity index (χ3v) is 9.14. The van der Waals surface area contributed by atoms with Crippen molar-refractivity contribution in [3.05, 3.63) is 24.5 Å². The molecule has 2 heteroatoms. The van der Waals surface area contributed by atoms with Crippen molar-refractivity contribution in [2.45, 2.75) is 75.6 Å². The van der Waals surface area contributed by atoms with E-state index in [1.807, 2.05) is 6.20 Å². The molecule has 0 atom stereocenters. The van der Waals surface area contributed by atoms with Gasteiger partial charge in [-0.05, 0) is 0 Å². The van der Waals surface area contributed by atoms with Crippen LogP contribution in [0, 0.1) is 0 Å². The van der Waals surface area contributed by atoms with Crippen LogP contribution in [-0.4, -0.2) is 26.1 Å². The molecule has 1 aromatic heterocycles. The summed E-state index contributed by atoms with van der Waals surface area (Å²) in [5.41, 5.74) is 0. The van der Waals surface area contributed by atoms with E-state index in [1.165, 1.54) is 51.4 Å². The molecule has 0 N–H and O–H groups in total. The first-order valence-corrected chi connectivity index (χ1v) is 10.8. The molecular weight excluding hydrogens is 337 g/mol. The molecule has 1 aromatic rings. The fourth-order valence-corrected chi connectivity index (χ4v) is 8.26. The second-order valence-electron chi connectivity index (χ2n) is 5.60. The summed E-state index contributed by atoms with van der Waals surface area (Å²) in [6.45, 7) is 7.01. The zero-order valence-electron chi connectivity index (χ0n) is 12.9. The molecule has 0 aliphatic rings. The van der Waals surface area contributed by atoms with Gasteiger partial charge < -0.3 is 0 Å². The first-order chi connectivity index (χ1) is 9.26. The van der Waals surface area contributed by atoms with E-state index in [1.54, 1.807) is 3.58 Å². The average molecular weight is 366 g/mol. The van der Waals surface area contributed by atoms with E-state index >= 15 is 0 Å². The number of rotatable bonds is 10. The quantitative estimate of drug-likeness (QED) is 0.545. The van der Waals surface area contributed by atoms with Crippen molar-refractivity contribution in [2.75, 3.05) is 0 Å². The molecule has 1 heterocycles. The summed E-state index contributed by atoms with van der Waals surface area (Å²) in [5.74, 6) is 0. The molecule has 106 valence electrons. The van der Waals surface area contributed by atoms with Crippen molar-refractivity contribution in [3.63, 3.8) is 0 Å². The van der Waals surface area contributed by atoms with Crippen molar-refractivity contribution in [1.82, 2.24) is 4.98 Å². The summed E-state index contributed by atoms with van der Waals surface area (Å²) in [4.78, 5) is 4.33.